The van der Waals surface area contributed by atoms with Crippen LogP contribution >= 0.6 is 11.6 Å². The van der Waals surface area contributed by atoms with Crippen LogP contribution in [-0.4, -0.2) is 24.7 Å². The lowest BCUT2D eigenvalue weighted by Crippen LogP contribution is -2.25. The van der Waals surface area contributed by atoms with Crippen LogP contribution in [0.15, 0.2) is 24.3 Å². The monoisotopic (exact) mass is 447 g/mol. The molecular weight excluding hydrogens is 417 g/mol. The van der Waals surface area contributed by atoms with Crippen molar-refractivity contribution in [1.29, 1.82) is 0 Å². The van der Waals surface area contributed by atoms with Gasteiger partial charge in [-0.1, -0.05) is 17.7 Å². The SMILES string of the molecule is Cc1c(CCC(=O)NCCCF)ccc(OCc2cc(Cl)cc3c2OC(C)(C)C3)c1C. The maximum Gasteiger partial charge on any atom is 0.220 e. The van der Waals surface area contributed by atoms with Crippen LogP contribution in [0.5, 0.6) is 11.5 Å². The van der Waals surface area contributed by atoms with Crippen LogP contribution in [0.25, 0.3) is 0 Å². The molecule has 1 aliphatic heterocycles. The summed E-state index contributed by atoms with van der Waals surface area (Å²) in [5.41, 5.74) is 5.09. The molecule has 31 heavy (non-hydrogen) atoms. The van der Waals surface area contributed by atoms with E-state index >= 15 is 0 Å². The molecule has 4 nitrogen and oxygen atoms in total. The molecule has 0 fully saturated rings. The number of carbonyl (C=O) groups excluding carboxylic acids is 1. The summed E-state index contributed by atoms with van der Waals surface area (Å²) >= 11 is 6.32. The second kappa shape index (κ2) is 9.90. The highest BCUT2D eigenvalue weighted by molar-refractivity contribution is 6.30. The van der Waals surface area contributed by atoms with Gasteiger partial charge in [-0.05, 0) is 81.0 Å². The number of amides is 1. The number of ether oxygens (including phenoxy) is 2. The Labute approximate surface area is 189 Å². The summed E-state index contributed by atoms with van der Waals surface area (Å²) in [5, 5.41) is 3.43. The molecule has 0 aromatic heterocycles. The van der Waals surface area contributed by atoms with E-state index in [2.05, 4.69) is 19.2 Å². The van der Waals surface area contributed by atoms with Gasteiger partial charge in [-0.3, -0.25) is 9.18 Å². The number of rotatable bonds is 9. The normalized spacial score (nSPS) is 14.1. The van der Waals surface area contributed by atoms with Crippen LogP contribution in [0.3, 0.4) is 0 Å². The van der Waals surface area contributed by atoms with Gasteiger partial charge in [-0.15, -0.1) is 0 Å². The topological polar surface area (TPSA) is 47.6 Å². The number of benzene rings is 2. The minimum Gasteiger partial charge on any atom is -0.488 e. The highest BCUT2D eigenvalue weighted by Gasteiger charge is 2.32. The molecule has 1 aliphatic rings. The van der Waals surface area contributed by atoms with Gasteiger partial charge >= 0.3 is 0 Å². The summed E-state index contributed by atoms with van der Waals surface area (Å²) in [5.74, 6) is 1.63. The quantitative estimate of drug-likeness (QED) is 0.504. The van der Waals surface area contributed by atoms with E-state index in [0.29, 0.717) is 37.4 Å². The number of alkyl halides is 1. The number of carbonyl (C=O) groups is 1. The lowest BCUT2D eigenvalue weighted by Gasteiger charge is -2.19. The lowest BCUT2D eigenvalue weighted by atomic mass is 9.98. The molecule has 6 heteroatoms. The molecule has 0 saturated heterocycles. The van der Waals surface area contributed by atoms with Crippen LogP contribution in [0.2, 0.25) is 5.02 Å². The zero-order valence-corrected chi connectivity index (χ0v) is 19.5. The number of aryl methyl sites for hydroxylation is 1. The third-order valence-electron chi connectivity index (χ3n) is 5.69. The maximum absolute atomic E-state index is 12.1. The van der Waals surface area contributed by atoms with Gasteiger partial charge in [-0.2, -0.15) is 0 Å². The van der Waals surface area contributed by atoms with Gasteiger partial charge in [0.2, 0.25) is 5.91 Å². The van der Waals surface area contributed by atoms with Gasteiger partial charge in [-0.25, -0.2) is 0 Å². The van der Waals surface area contributed by atoms with Crippen LogP contribution in [-0.2, 0) is 24.2 Å². The Morgan fingerprint density at radius 1 is 1.23 bits per heavy atom. The van der Waals surface area contributed by atoms with Crippen molar-refractivity contribution in [3.8, 4) is 11.5 Å². The smallest absolute Gasteiger partial charge is 0.220 e. The molecule has 1 N–H and O–H groups in total. The summed E-state index contributed by atoms with van der Waals surface area (Å²) in [4.78, 5) is 11.9. The Kier molecular flexibility index (Phi) is 7.47. The Hall–Kier alpha value is -2.27. The summed E-state index contributed by atoms with van der Waals surface area (Å²) in [6.07, 6.45) is 2.20. The van der Waals surface area contributed by atoms with E-state index < -0.39 is 6.67 Å². The number of halogens is 2. The van der Waals surface area contributed by atoms with Crippen molar-refractivity contribution in [3.63, 3.8) is 0 Å². The Morgan fingerprint density at radius 2 is 2.00 bits per heavy atom. The van der Waals surface area contributed by atoms with Crippen LogP contribution < -0.4 is 14.8 Å². The molecule has 1 heterocycles. The van der Waals surface area contributed by atoms with Crippen LogP contribution in [0, 0.1) is 13.8 Å². The highest BCUT2D eigenvalue weighted by atomic mass is 35.5. The van der Waals surface area contributed by atoms with Crippen molar-refractivity contribution in [1.82, 2.24) is 5.32 Å². The Morgan fingerprint density at radius 3 is 2.74 bits per heavy atom. The fourth-order valence-corrected chi connectivity index (χ4v) is 4.18. The molecule has 2 aromatic rings. The first-order valence-electron chi connectivity index (χ1n) is 10.7. The van der Waals surface area contributed by atoms with Crippen molar-refractivity contribution in [2.24, 2.45) is 0 Å². The first kappa shape index (κ1) is 23.4. The maximum atomic E-state index is 12.1. The van der Waals surface area contributed by atoms with Crippen LogP contribution in [0.1, 0.15) is 54.5 Å². The molecule has 0 radical (unpaired) electrons. The fraction of sp³-hybridized carbons (Fsp3) is 0.480. The molecule has 0 aliphatic carbocycles. The van der Waals surface area contributed by atoms with Crippen molar-refractivity contribution >= 4 is 17.5 Å². The average Bonchev–Trinajstić information content (AvgIpc) is 3.02. The van der Waals surface area contributed by atoms with Crippen molar-refractivity contribution in [2.45, 2.75) is 65.6 Å². The Balaban J connectivity index is 1.65. The third kappa shape index (κ3) is 5.91. The van der Waals surface area contributed by atoms with E-state index in [-0.39, 0.29) is 11.5 Å². The molecule has 2 aromatic carbocycles. The van der Waals surface area contributed by atoms with Gasteiger partial charge in [0.25, 0.3) is 0 Å². The number of hydrogen-bond donors (Lipinski definition) is 1. The summed E-state index contributed by atoms with van der Waals surface area (Å²) in [6.45, 7) is 8.54. The largest absolute Gasteiger partial charge is 0.488 e. The zero-order chi connectivity index (χ0) is 22.6. The van der Waals surface area contributed by atoms with Gasteiger partial charge in [0, 0.05) is 30.0 Å². The van der Waals surface area contributed by atoms with E-state index in [1.165, 1.54) is 0 Å². The zero-order valence-electron chi connectivity index (χ0n) is 18.7. The second-order valence-corrected chi connectivity index (χ2v) is 9.18. The second-order valence-electron chi connectivity index (χ2n) is 8.75. The van der Waals surface area contributed by atoms with E-state index in [1.807, 2.05) is 38.1 Å². The van der Waals surface area contributed by atoms with Crippen LogP contribution in [0.4, 0.5) is 4.39 Å². The van der Waals surface area contributed by atoms with E-state index in [4.69, 9.17) is 21.1 Å². The molecule has 1 amide bonds. The highest BCUT2D eigenvalue weighted by Crippen LogP contribution is 2.40. The molecule has 0 atom stereocenters. The number of hydrogen-bond acceptors (Lipinski definition) is 3. The van der Waals surface area contributed by atoms with Gasteiger partial charge in [0.1, 0.15) is 23.7 Å². The average molecular weight is 448 g/mol. The molecule has 0 unspecified atom stereocenters. The minimum atomic E-state index is -0.415. The van der Waals surface area contributed by atoms with Gasteiger partial charge in [0.05, 0.1) is 6.67 Å². The lowest BCUT2D eigenvalue weighted by molar-refractivity contribution is -0.121. The first-order chi connectivity index (χ1) is 14.7. The number of nitrogens with one attached hydrogen (secondary N) is 1. The molecule has 0 saturated carbocycles. The third-order valence-corrected chi connectivity index (χ3v) is 5.91. The summed E-state index contributed by atoms with van der Waals surface area (Å²) < 4.78 is 24.4. The molecule has 0 spiro atoms. The van der Waals surface area contributed by atoms with Gasteiger partial charge in [0.15, 0.2) is 0 Å². The predicted octanol–water partition coefficient (Wildman–Crippen LogP) is 5.66. The summed E-state index contributed by atoms with van der Waals surface area (Å²) in [6, 6.07) is 7.83. The van der Waals surface area contributed by atoms with Crippen molar-refractivity contribution in [3.05, 3.63) is 57.1 Å². The number of fused-ring (bicyclic) bond motifs is 1. The van der Waals surface area contributed by atoms with Crippen molar-refractivity contribution in [2.75, 3.05) is 13.2 Å². The van der Waals surface area contributed by atoms with Gasteiger partial charge < -0.3 is 14.8 Å². The molecule has 3 rings (SSSR count). The minimum absolute atomic E-state index is 0.0523. The van der Waals surface area contributed by atoms with E-state index in [0.717, 1.165) is 45.7 Å². The molecule has 168 valence electrons. The van der Waals surface area contributed by atoms with Crippen molar-refractivity contribution < 1.29 is 18.7 Å². The predicted molar refractivity (Wildman–Crippen MR) is 122 cm³/mol. The molecule has 0 bridgehead atoms. The summed E-state index contributed by atoms with van der Waals surface area (Å²) in [7, 11) is 0. The Bertz CT molecular complexity index is 958. The van der Waals surface area contributed by atoms with E-state index in [1.54, 1.807) is 0 Å². The van der Waals surface area contributed by atoms with E-state index in [9.17, 15) is 9.18 Å². The fourth-order valence-electron chi connectivity index (χ4n) is 3.92. The first-order valence-corrected chi connectivity index (χ1v) is 11.1. The molecular formula is C25H31ClFNO3. The standard InChI is InChI=1S/C25H31ClFNO3/c1-16-17(2)22(8-6-18(16)7-9-23(29)28-11-5-10-27)30-15-20-13-21(26)12-19-14-25(3,4)31-24(19)20/h6,8,12-13H,5,7,9-11,14-15H2,1-4H3,(H,28,29).